The minimum atomic E-state index is -0.0746. The second kappa shape index (κ2) is 4.94. The van der Waals surface area contributed by atoms with Gasteiger partial charge >= 0.3 is 0 Å². The van der Waals surface area contributed by atoms with Gasteiger partial charge in [-0.25, -0.2) is 4.98 Å². The lowest BCUT2D eigenvalue weighted by Crippen LogP contribution is -2.35. The molecule has 5 heteroatoms. The maximum Gasteiger partial charge on any atom is 0.251 e. The average molecular weight is 221 g/mol. The molecule has 0 spiro atoms. The lowest BCUT2D eigenvalue weighted by atomic mass is 10.2. The van der Waals surface area contributed by atoms with Gasteiger partial charge in [-0.15, -0.1) is 0 Å². The van der Waals surface area contributed by atoms with Crippen LogP contribution in [0.25, 0.3) is 0 Å². The van der Waals surface area contributed by atoms with E-state index in [1.54, 1.807) is 25.4 Å². The normalized spacial score (nSPS) is 19.4. The average Bonchev–Trinajstić information content (AvgIpc) is 2.82. The monoisotopic (exact) mass is 221 g/mol. The molecule has 1 aromatic heterocycles. The Morgan fingerprint density at radius 3 is 3.19 bits per heavy atom. The van der Waals surface area contributed by atoms with Crippen LogP contribution in [0.1, 0.15) is 16.8 Å². The largest absolute Gasteiger partial charge is 0.379 e. The number of hydrogen-bond donors (Lipinski definition) is 2. The van der Waals surface area contributed by atoms with Gasteiger partial charge in [0, 0.05) is 25.4 Å². The molecule has 1 aliphatic rings. The van der Waals surface area contributed by atoms with Gasteiger partial charge in [-0.05, 0) is 18.6 Å². The molecule has 5 nitrogen and oxygen atoms in total. The molecule has 1 fully saturated rings. The Morgan fingerprint density at radius 2 is 2.50 bits per heavy atom. The number of nitrogens with zero attached hydrogens (tertiary/aromatic N) is 1. The molecule has 2 N–H and O–H groups in total. The number of amides is 1. The zero-order valence-corrected chi connectivity index (χ0v) is 9.19. The van der Waals surface area contributed by atoms with Crippen LogP contribution < -0.4 is 10.6 Å². The van der Waals surface area contributed by atoms with Crippen molar-refractivity contribution in [3.8, 4) is 0 Å². The third-order valence-electron chi connectivity index (χ3n) is 2.54. The summed E-state index contributed by atoms with van der Waals surface area (Å²) in [4.78, 5) is 15.9. The van der Waals surface area contributed by atoms with Gasteiger partial charge in [0.05, 0.1) is 12.6 Å². The number of ether oxygens (including phenoxy) is 1. The van der Waals surface area contributed by atoms with Crippen molar-refractivity contribution < 1.29 is 9.53 Å². The lowest BCUT2D eigenvalue weighted by molar-refractivity contribution is 0.0930. The molecule has 1 aromatic rings. The van der Waals surface area contributed by atoms with E-state index in [1.807, 2.05) is 0 Å². The van der Waals surface area contributed by atoms with E-state index in [2.05, 4.69) is 15.6 Å². The van der Waals surface area contributed by atoms with E-state index < -0.39 is 0 Å². The Labute approximate surface area is 94.2 Å². The summed E-state index contributed by atoms with van der Waals surface area (Å²) in [5, 5.41) is 5.83. The molecule has 1 saturated heterocycles. The Kier molecular flexibility index (Phi) is 3.36. The molecular formula is C11H15N3O2. The van der Waals surface area contributed by atoms with E-state index in [1.165, 1.54) is 0 Å². The van der Waals surface area contributed by atoms with Crippen molar-refractivity contribution >= 4 is 11.7 Å². The van der Waals surface area contributed by atoms with Crippen LogP contribution in [0.5, 0.6) is 0 Å². The van der Waals surface area contributed by atoms with Gasteiger partial charge in [0.2, 0.25) is 0 Å². The molecule has 1 amide bonds. The highest BCUT2D eigenvalue weighted by molar-refractivity contribution is 5.95. The fourth-order valence-electron chi connectivity index (χ4n) is 1.63. The standard InChI is InChI=1S/C11H15N3O2/c1-12-10-6-8(2-4-13-10)11(15)14-9-3-5-16-7-9/h2,4,6,9H,3,5,7H2,1H3,(H,12,13)(H,14,15). The fraction of sp³-hybridized carbons (Fsp3) is 0.455. The third kappa shape index (κ3) is 2.49. The summed E-state index contributed by atoms with van der Waals surface area (Å²) in [6.45, 7) is 1.33. The van der Waals surface area contributed by atoms with E-state index in [4.69, 9.17) is 4.74 Å². The Balaban J connectivity index is 2.01. The van der Waals surface area contributed by atoms with E-state index in [0.717, 1.165) is 13.0 Å². The van der Waals surface area contributed by atoms with E-state index in [-0.39, 0.29) is 11.9 Å². The minimum absolute atomic E-state index is 0.0746. The highest BCUT2D eigenvalue weighted by atomic mass is 16.5. The van der Waals surface area contributed by atoms with E-state index >= 15 is 0 Å². The number of aromatic nitrogens is 1. The fourth-order valence-corrected chi connectivity index (χ4v) is 1.63. The van der Waals surface area contributed by atoms with Crippen molar-refractivity contribution in [1.29, 1.82) is 0 Å². The van der Waals surface area contributed by atoms with Gasteiger partial charge in [0.1, 0.15) is 5.82 Å². The molecule has 0 bridgehead atoms. The topological polar surface area (TPSA) is 63.2 Å². The van der Waals surface area contributed by atoms with Crippen molar-refractivity contribution in [3.63, 3.8) is 0 Å². The molecule has 0 aromatic carbocycles. The molecule has 2 rings (SSSR count). The van der Waals surface area contributed by atoms with Crippen LogP contribution in [0.3, 0.4) is 0 Å². The quantitative estimate of drug-likeness (QED) is 0.786. The third-order valence-corrected chi connectivity index (χ3v) is 2.54. The summed E-state index contributed by atoms with van der Waals surface area (Å²) in [6, 6.07) is 3.57. The molecule has 86 valence electrons. The maximum absolute atomic E-state index is 11.8. The molecular weight excluding hydrogens is 206 g/mol. The second-order valence-electron chi connectivity index (χ2n) is 3.71. The number of rotatable bonds is 3. The number of carbonyl (C=O) groups excluding carboxylic acids is 1. The molecule has 0 aliphatic carbocycles. The zero-order chi connectivity index (χ0) is 11.4. The first-order valence-electron chi connectivity index (χ1n) is 5.32. The summed E-state index contributed by atoms with van der Waals surface area (Å²) >= 11 is 0. The van der Waals surface area contributed by atoms with Gasteiger partial charge < -0.3 is 15.4 Å². The predicted molar refractivity (Wildman–Crippen MR) is 60.5 cm³/mol. The summed E-state index contributed by atoms with van der Waals surface area (Å²) in [5.41, 5.74) is 0.617. The van der Waals surface area contributed by atoms with Gasteiger partial charge in [0.25, 0.3) is 5.91 Å². The van der Waals surface area contributed by atoms with Crippen LogP contribution in [-0.2, 0) is 4.74 Å². The number of pyridine rings is 1. The van der Waals surface area contributed by atoms with Crippen molar-refractivity contribution in [1.82, 2.24) is 10.3 Å². The summed E-state index contributed by atoms with van der Waals surface area (Å²) in [7, 11) is 1.77. The smallest absolute Gasteiger partial charge is 0.251 e. The molecule has 0 radical (unpaired) electrons. The van der Waals surface area contributed by atoms with Crippen LogP contribution in [0.2, 0.25) is 0 Å². The zero-order valence-electron chi connectivity index (χ0n) is 9.19. The Morgan fingerprint density at radius 1 is 1.62 bits per heavy atom. The van der Waals surface area contributed by atoms with E-state index in [9.17, 15) is 4.79 Å². The predicted octanol–water partition coefficient (Wildman–Crippen LogP) is 0.642. The summed E-state index contributed by atoms with van der Waals surface area (Å²) in [6.07, 6.45) is 2.50. The highest BCUT2D eigenvalue weighted by Gasteiger charge is 2.18. The Bertz CT molecular complexity index is 375. The second-order valence-corrected chi connectivity index (χ2v) is 3.71. The van der Waals surface area contributed by atoms with Crippen molar-refractivity contribution in [2.24, 2.45) is 0 Å². The number of carbonyl (C=O) groups is 1. The summed E-state index contributed by atoms with van der Waals surface area (Å²) in [5.74, 6) is 0.615. The number of nitrogens with one attached hydrogen (secondary N) is 2. The molecule has 16 heavy (non-hydrogen) atoms. The highest BCUT2D eigenvalue weighted by Crippen LogP contribution is 2.08. The Hall–Kier alpha value is -1.62. The maximum atomic E-state index is 11.8. The molecule has 1 aliphatic heterocycles. The van der Waals surface area contributed by atoms with Gasteiger partial charge in [-0.1, -0.05) is 0 Å². The van der Waals surface area contributed by atoms with Crippen LogP contribution in [0, 0.1) is 0 Å². The molecule has 1 unspecified atom stereocenters. The van der Waals surface area contributed by atoms with Crippen molar-refractivity contribution in [2.45, 2.75) is 12.5 Å². The van der Waals surface area contributed by atoms with Crippen molar-refractivity contribution in [2.75, 3.05) is 25.6 Å². The lowest BCUT2D eigenvalue weighted by Gasteiger charge is -2.10. The van der Waals surface area contributed by atoms with Gasteiger partial charge in [0.15, 0.2) is 0 Å². The van der Waals surface area contributed by atoms with Gasteiger partial charge in [-0.3, -0.25) is 4.79 Å². The van der Waals surface area contributed by atoms with Crippen LogP contribution in [-0.4, -0.2) is 37.2 Å². The minimum Gasteiger partial charge on any atom is -0.379 e. The van der Waals surface area contributed by atoms with Crippen LogP contribution in [0.4, 0.5) is 5.82 Å². The van der Waals surface area contributed by atoms with E-state index in [0.29, 0.717) is 18.0 Å². The molecule has 0 saturated carbocycles. The first kappa shape index (κ1) is 10.9. The van der Waals surface area contributed by atoms with Gasteiger partial charge in [-0.2, -0.15) is 0 Å². The first-order chi connectivity index (χ1) is 7.79. The molecule has 1 atom stereocenters. The SMILES string of the molecule is CNc1cc(C(=O)NC2CCOC2)ccn1. The first-order valence-corrected chi connectivity index (χ1v) is 5.32. The number of hydrogen-bond acceptors (Lipinski definition) is 4. The summed E-state index contributed by atoms with van der Waals surface area (Å²) < 4.78 is 5.20. The van der Waals surface area contributed by atoms with Crippen LogP contribution >= 0.6 is 0 Å². The molecule has 2 heterocycles. The number of anilines is 1. The van der Waals surface area contributed by atoms with Crippen LogP contribution in [0.15, 0.2) is 18.3 Å². The van der Waals surface area contributed by atoms with Crippen molar-refractivity contribution in [3.05, 3.63) is 23.9 Å².